The zero-order valence-electron chi connectivity index (χ0n) is 8.64. The van der Waals surface area contributed by atoms with Crippen molar-refractivity contribution in [3.05, 3.63) is 18.0 Å². The van der Waals surface area contributed by atoms with Gasteiger partial charge in [-0.05, 0) is 12.3 Å². The molecule has 0 spiro atoms. The lowest BCUT2D eigenvalue weighted by Gasteiger charge is -2.08. The fourth-order valence-electron chi connectivity index (χ4n) is 1.75. The third kappa shape index (κ3) is 2.60. The molecule has 1 fully saturated rings. The summed E-state index contributed by atoms with van der Waals surface area (Å²) < 4.78 is 22.4. The number of nitrogens with one attached hydrogen (secondary N) is 2. The van der Waals surface area contributed by atoms with Crippen molar-refractivity contribution < 1.29 is 13.2 Å². The van der Waals surface area contributed by atoms with E-state index in [-0.39, 0.29) is 23.3 Å². The van der Waals surface area contributed by atoms with Gasteiger partial charge in [-0.1, -0.05) is 0 Å². The van der Waals surface area contributed by atoms with Crippen LogP contribution in [-0.4, -0.2) is 42.6 Å². The number of rotatable bonds is 3. The second-order valence-corrected chi connectivity index (χ2v) is 6.19. The van der Waals surface area contributed by atoms with Crippen molar-refractivity contribution in [2.24, 2.45) is 5.92 Å². The summed E-state index contributed by atoms with van der Waals surface area (Å²) in [5, 5.41) is 8.91. The van der Waals surface area contributed by atoms with Crippen LogP contribution in [-0.2, 0) is 9.84 Å². The van der Waals surface area contributed by atoms with Gasteiger partial charge >= 0.3 is 0 Å². The van der Waals surface area contributed by atoms with Crippen LogP contribution in [0.2, 0.25) is 0 Å². The summed E-state index contributed by atoms with van der Waals surface area (Å²) in [7, 11) is -2.87. The minimum atomic E-state index is -2.87. The lowest BCUT2D eigenvalue weighted by molar-refractivity contribution is 0.0948. The van der Waals surface area contributed by atoms with E-state index < -0.39 is 9.84 Å². The minimum Gasteiger partial charge on any atom is -0.352 e. The summed E-state index contributed by atoms with van der Waals surface area (Å²) in [6.07, 6.45) is 3.56. The zero-order chi connectivity index (χ0) is 11.6. The molecule has 88 valence electrons. The SMILES string of the molecule is O=C(NCC1CCS(=O)(=O)C1)c1cn[nH]c1. The van der Waals surface area contributed by atoms with Gasteiger partial charge in [0.2, 0.25) is 0 Å². The van der Waals surface area contributed by atoms with Crippen LogP contribution in [0.4, 0.5) is 0 Å². The van der Waals surface area contributed by atoms with E-state index in [2.05, 4.69) is 15.5 Å². The van der Waals surface area contributed by atoms with Crippen LogP contribution in [0.25, 0.3) is 0 Å². The largest absolute Gasteiger partial charge is 0.352 e. The number of hydrogen-bond acceptors (Lipinski definition) is 4. The molecule has 1 saturated heterocycles. The highest BCUT2D eigenvalue weighted by Crippen LogP contribution is 2.17. The number of sulfone groups is 1. The van der Waals surface area contributed by atoms with Gasteiger partial charge in [0, 0.05) is 12.7 Å². The molecule has 0 saturated carbocycles. The molecule has 0 radical (unpaired) electrons. The monoisotopic (exact) mass is 243 g/mol. The van der Waals surface area contributed by atoms with Crippen LogP contribution in [0.5, 0.6) is 0 Å². The maximum atomic E-state index is 11.5. The van der Waals surface area contributed by atoms with Gasteiger partial charge in [-0.15, -0.1) is 0 Å². The van der Waals surface area contributed by atoms with E-state index in [1.807, 2.05) is 0 Å². The first-order chi connectivity index (χ1) is 7.57. The van der Waals surface area contributed by atoms with Crippen molar-refractivity contribution in [1.82, 2.24) is 15.5 Å². The Hall–Kier alpha value is -1.37. The maximum absolute atomic E-state index is 11.5. The second kappa shape index (κ2) is 4.25. The Morgan fingerprint density at radius 1 is 1.62 bits per heavy atom. The first-order valence-electron chi connectivity index (χ1n) is 5.04. The van der Waals surface area contributed by atoms with Gasteiger partial charge in [-0.2, -0.15) is 5.10 Å². The average molecular weight is 243 g/mol. The quantitative estimate of drug-likeness (QED) is 0.753. The Morgan fingerprint density at radius 3 is 3.00 bits per heavy atom. The molecule has 0 aliphatic carbocycles. The molecule has 1 atom stereocenters. The smallest absolute Gasteiger partial charge is 0.254 e. The summed E-state index contributed by atoms with van der Waals surface area (Å²) >= 11 is 0. The first kappa shape index (κ1) is 11.1. The molecule has 2 N–H and O–H groups in total. The third-order valence-electron chi connectivity index (χ3n) is 2.64. The Bertz CT molecular complexity index is 466. The lowest BCUT2D eigenvalue weighted by Crippen LogP contribution is -2.29. The van der Waals surface area contributed by atoms with Crippen molar-refractivity contribution in [2.75, 3.05) is 18.1 Å². The van der Waals surface area contributed by atoms with Crippen LogP contribution in [0.15, 0.2) is 12.4 Å². The summed E-state index contributed by atoms with van der Waals surface area (Å²) in [4.78, 5) is 11.5. The summed E-state index contributed by atoms with van der Waals surface area (Å²) in [5.41, 5.74) is 0.459. The van der Waals surface area contributed by atoms with Crippen LogP contribution < -0.4 is 5.32 Å². The van der Waals surface area contributed by atoms with E-state index in [0.717, 1.165) is 0 Å². The molecule has 1 aliphatic heterocycles. The summed E-state index contributed by atoms with van der Waals surface area (Å²) in [5.74, 6) is 0.233. The molecule has 7 heteroatoms. The van der Waals surface area contributed by atoms with Gasteiger partial charge in [0.25, 0.3) is 5.91 Å². The Labute approximate surface area is 93.3 Å². The molecular weight excluding hydrogens is 230 g/mol. The Kier molecular flexibility index (Phi) is 2.95. The lowest BCUT2D eigenvalue weighted by atomic mass is 10.1. The van der Waals surface area contributed by atoms with E-state index in [4.69, 9.17) is 0 Å². The molecule has 6 nitrogen and oxygen atoms in total. The molecule has 1 amide bonds. The maximum Gasteiger partial charge on any atom is 0.254 e. The fraction of sp³-hybridized carbons (Fsp3) is 0.556. The normalized spacial score (nSPS) is 23.1. The molecular formula is C9H13N3O3S. The number of aromatic amines is 1. The highest BCUT2D eigenvalue weighted by Gasteiger charge is 2.27. The predicted molar refractivity (Wildman–Crippen MR) is 57.7 cm³/mol. The fourth-order valence-corrected chi connectivity index (χ4v) is 3.61. The molecule has 16 heavy (non-hydrogen) atoms. The number of H-pyrrole nitrogens is 1. The van der Waals surface area contributed by atoms with Crippen molar-refractivity contribution in [3.8, 4) is 0 Å². The van der Waals surface area contributed by atoms with E-state index in [9.17, 15) is 13.2 Å². The van der Waals surface area contributed by atoms with Crippen molar-refractivity contribution >= 4 is 15.7 Å². The van der Waals surface area contributed by atoms with Crippen molar-refractivity contribution in [2.45, 2.75) is 6.42 Å². The van der Waals surface area contributed by atoms with Crippen LogP contribution in [0.1, 0.15) is 16.8 Å². The standard InChI is InChI=1S/C9H13N3O3S/c13-9(8-4-11-12-5-8)10-3-7-1-2-16(14,15)6-7/h4-5,7H,1-3,6H2,(H,10,13)(H,11,12). The average Bonchev–Trinajstić information content (AvgIpc) is 2.83. The molecule has 2 heterocycles. The van der Waals surface area contributed by atoms with Gasteiger partial charge in [0.15, 0.2) is 9.84 Å². The number of carbonyl (C=O) groups excluding carboxylic acids is 1. The van der Waals surface area contributed by atoms with Crippen molar-refractivity contribution in [3.63, 3.8) is 0 Å². The zero-order valence-corrected chi connectivity index (χ0v) is 9.46. The number of carbonyl (C=O) groups is 1. The number of amides is 1. The van der Waals surface area contributed by atoms with Crippen LogP contribution in [0, 0.1) is 5.92 Å². The van der Waals surface area contributed by atoms with Gasteiger partial charge in [0.05, 0.1) is 23.3 Å². The van der Waals surface area contributed by atoms with Gasteiger partial charge < -0.3 is 5.32 Å². The first-order valence-corrected chi connectivity index (χ1v) is 6.86. The third-order valence-corrected chi connectivity index (χ3v) is 4.48. The van der Waals surface area contributed by atoms with Gasteiger partial charge in [0.1, 0.15) is 0 Å². The molecule has 1 unspecified atom stereocenters. The molecule has 2 rings (SSSR count). The van der Waals surface area contributed by atoms with Gasteiger partial charge in [-0.3, -0.25) is 9.89 Å². The van der Waals surface area contributed by atoms with E-state index in [0.29, 0.717) is 18.5 Å². The topological polar surface area (TPSA) is 91.9 Å². The molecule has 1 aliphatic rings. The van der Waals surface area contributed by atoms with Crippen LogP contribution in [0.3, 0.4) is 0 Å². The Balaban J connectivity index is 1.83. The molecule has 0 bridgehead atoms. The molecule has 0 aromatic carbocycles. The van der Waals surface area contributed by atoms with Crippen LogP contribution >= 0.6 is 0 Å². The number of nitrogens with zero attached hydrogens (tertiary/aromatic N) is 1. The van der Waals surface area contributed by atoms with E-state index in [1.165, 1.54) is 12.4 Å². The van der Waals surface area contributed by atoms with Crippen molar-refractivity contribution in [1.29, 1.82) is 0 Å². The molecule has 1 aromatic heterocycles. The highest BCUT2D eigenvalue weighted by atomic mass is 32.2. The minimum absolute atomic E-state index is 0.0425. The van der Waals surface area contributed by atoms with E-state index in [1.54, 1.807) is 0 Å². The summed E-state index contributed by atoms with van der Waals surface area (Å²) in [6.45, 7) is 0.406. The number of aromatic nitrogens is 2. The van der Waals surface area contributed by atoms with E-state index >= 15 is 0 Å². The second-order valence-electron chi connectivity index (χ2n) is 3.97. The summed E-state index contributed by atoms with van der Waals surface area (Å²) in [6, 6.07) is 0. The molecule has 1 aromatic rings. The predicted octanol–water partition coefficient (Wildman–Crippen LogP) is -0.426. The highest BCUT2D eigenvalue weighted by molar-refractivity contribution is 7.91. The Morgan fingerprint density at radius 2 is 2.44 bits per heavy atom. The van der Waals surface area contributed by atoms with Gasteiger partial charge in [-0.25, -0.2) is 8.42 Å². The number of hydrogen-bond donors (Lipinski definition) is 2.